The smallest absolute Gasteiger partial charge is 0.165 e. The lowest BCUT2D eigenvalue weighted by Crippen LogP contribution is -2.31. The van der Waals surface area contributed by atoms with Gasteiger partial charge in [0.05, 0.1) is 27.1 Å². The maximum atomic E-state index is 15.2. The first kappa shape index (κ1) is 22.6. The first-order chi connectivity index (χ1) is 16.2. The van der Waals surface area contributed by atoms with Gasteiger partial charge in [-0.3, -0.25) is 0 Å². The second-order valence-electron chi connectivity index (χ2n) is 8.34. The van der Waals surface area contributed by atoms with Gasteiger partial charge in [-0.1, -0.05) is 41.4 Å². The number of fused-ring (bicyclic) bond motifs is 1. The number of aromatic nitrogens is 3. The maximum absolute atomic E-state index is 15.2. The summed E-state index contributed by atoms with van der Waals surface area (Å²) in [7, 11) is 0. The SMILES string of the molecule is Cc1cccc(C)c1-n1nc2c(c1-c1cc(F)c(O)cc1F)CN(c1ncc(Cl)cc1Cl)CC2. The Morgan fingerprint density at radius 3 is 2.47 bits per heavy atom. The lowest BCUT2D eigenvalue weighted by Gasteiger charge is -2.28. The van der Waals surface area contributed by atoms with E-state index in [1.165, 1.54) is 6.20 Å². The second-order valence-corrected chi connectivity index (χ2v) is 9.18. The van der Waals surface area contributed by atoms with Crippen molar-refractivity contribution in [2.24, 2.45) is 0 Å². The van der Waals surface area contributed by atoms with Crippen LogP contribution in [0, 0.1) is 25.5 Å². The van der Waals surface area contributed by atoms with Gasteiger partial charge in [0.25, 0.3) is 0 Å². The first-order valence-corrected chi connectivity index (χ1v) is 11.4. The third-order valence-electron chi connectivity index (χ3n) is 6.07. The molecule has 5 nitrogen and oxygen atoms in total. The number of aryl methyl sites for hydroxylation is 2. The Balaban J connectivity index is 1.74. The van der Waals surface area contributed by atoms with Crippen molar-refractivity contribution in [1.29, 1.82) is 0 Å². The quantitative estimate of drug-likeness (QED) is 0.353. The molecule has 174 valence electrons. The highest BCUT2D eigenvalue weighted by Gasteiger charge is 2.30. The molecule has 0 atom stereocenters. The van der Waals surface area contributed by atoms with Gasteiger partial charge in [0.2, 0.25) is 0 Å². The molecule has 0 saturated heterocycles. The fraction of sp³-hybridized carbons (Fsp3) is 0.200. The largest absolute Gasteiger partial charge is 0.505 e. The number of nitrogens with zero attached hydrogens (tertiary/aromatic N) is 4. The fourth-order valence-electron chi connectivity index (χ4n) is 4.49. The van der Waals surface area contributed by atoms with Gasteiger partial charge in [-0.15, -0.1) is 0 Å². The number of phenols is 1. The molecule has 4 aromatic rings. The van der Waals surface area contributed by atoms with Crippen LogP contribution in [0.5, 0.6) is 5.75 Å². The van der Waals surface area contributed by atoms with Crippen LogP contribution < -0.4 is 4.90 Å². The zero-order valence-corrected chi connectivity index (χ0v) is 19.9. The van der Waals surface area contributed by atoms with Gasteiger partial charge in [-0.25, -0.2) is 18.4 Å². The van der Waals surface area contributed by atoms with E-state index in [-0.39, 0.29) is 5.56 Å². The van der Waals surface area contributed by atoms with E-state index in [0.717, 1.165) is 40.2 Å². The van der Waals surface area contributed by atoms with Gasteiger partial charge < -0.3 is 10.0 Å². The average Bonchev–Trinajstić information content (AvgIpc) is 3.14. The number of halogens is 4. The standard InChI is InChI=1S/C25H20Cl2F2N4O/c1-13-4-3-5-14(2)23(13)33-24(16-9-20(29)22(34)10-19(16)28)17-12-32(7-6-21(17)31-33)25-18(27)8-15(26)11-30-25/h3-5,8-11,34H,6-7,12H2,1-2H3. The van der Waals surface area contributed by atoms with Crippen LogP contribution in [0.3, 0.4) is 0 Å². The molecule has 0 fully saturated rings. The van der Waals surface area contributed by atoms with Crippen molar-refractivity contribution in [3.8, 4) is 22.7 Å². The fourth-order valence-corrected chi connectivity index (χ4v) is 4.99. The molecule has 2 aromatic carbocycles. The van der Waals surface area contributed by atoms with E-state index in [1.807, 2.05) is 36.9 Å². The highest BCUT2D eigenvalue weighted by molar-refractivity contribution is 6.36. The number of rotatable bonds is 3. The second kappa shape index (κ2) is 8.56. The molecule has 0 bridgehead atoms. The molecule has 0 unspecified atom stereocenters. The van der Waals surface area contributed by atoms with Gasteiger partial charge in [0, 0.05) is 42.9 Å². The monoisotopic (exact) mass is 500 g/mol. The van der Waals surface area contributed by atoms with Gasteiger partial charge in [-0.05, 0) is 37.1 Å². The lowest BCUT2D eigenvalue weighted by atomic mass is 9.99. The van der Waals surface area contributed by atoms with Crippen LogP contribution in [0.15, 0.2) is 42.6 Å². The van der Waals surface area contributed by atoms with Crippen LogP contribution >= 0.6 is 23.2 Å². The number of phenolic OH excluding ortho intramolecular Hbond substituents is 1. The molecule has 5 rings (SSSR count). The summed E-state index contributed by atoms with van der Waals surface area (Å²) in [6.07, 6.45) is 2.08. The van der Waals surface area contributed by atoms with Crippen LogP contribution in [-0.2, 0) is 13.0 Å². The molecule has 0 spiro atoms. The molecule has 1 aliphatic heterocycles. The summed E-state index contributed by atoms with van der Waals surface area (Å²) in [6, 6.07) is 9.26. The minimum Gasteiger partial charge on any atom is -0.505 e. The maximum Gasteiger partial charge on any atom is 0.165 e. The highest BCUT2D eigenvalue weighted by atomic mass is 35.5. The van der Waals surface area contributed by atoms with Gasteiger partial charge in [0.1, 0.15) is 11.6 Å². The van der Waals surface area contributed by atoms with Gasteiger partial charge in [0.15, 0.2) is 11.6 Å². The molecule has 9 heteroatoms. The number of hydrogen-bond donors (Lipinski definition) is 1. The summed E-state index contributed by atoms with van der Waals surface area (Å²) >= 11 is 12.4. The molecule has 1 aliphatic rings. The summed E-state index contributed by atoms with van der Waals surface area (Å²) in [4.78, 5) is 6.35. The van der Waals surface area contributed by atoms with Crippen LogP contribution in [0.1, 0.15) is 22.4 Å². The molecule has 0 amide bonds. The Kier molecular flexibility index (Phi) is 5.70. The third-order valence-corrected chi connectivity index (χ3v) is 6.55. The Morgan fingerprint density at radius 1 is 1.03 bits per heavy atom. The van der Waals surface area contributed by atoms with E-state index in [9.17, 15) is 9.50 Å². The molecule has 1 N–H and O–H groups in total. The third kappa shape index (κ3) is 3.79. The average molecular weight is 501 g/mol. The summed E-state index contributed by atoms with van der Waals surface area (Å²) in [5.41, 5.74) is 4.66. The van der Waals surface area contributed by atoms with Crippen molar-refractivity contribution >= 4 is 29.0 Å². The van der Waals surface area contributed by atoms with E-state index in [4.69, 9.17) is 28.3 Å². The number of benzene rings is 2. The Hall–Kier alpha value is -3.16. The minimum atomic E-state index is -0.908. The van der Waals surface area contributed by atoms with Crippen LogP contribution in [0.4, 0.5) is 14.6 Å². The van der Waals surface area contributed by atoms with Gasteiger partial charge >= 0.3 is 0 Å². The van der Waals surface area contributed by atoms with Crippen molar-refractivity contribution in [2.45, 2.75) is 26.8 Å². The van der Waals surface area contributed by atoms with E-state index < -0.39 is 17.4 Å². The lowest BCUT2D eigenvalue weighted by molar-refractivity contribution is 0.427. The summed E-state index contributed by atoms with van der Waals surface area (Å²) in [5.74, 6) is -1.84. The molecule has 3 heterocycles. The number of hydrogen-bond acceptors (Lipinski definition) is 4. The van der Waals surface area contributed by atoms with Crippen molar-refractivity contribution in [3.05, 3.63) is 86.7 Å². The molecular weight excluding hydrogens is 481 g/mol. The summed E-state index contributed by atoms with van der Waals surface area (Å²) < 4.78 is 31.3. The van der Waals surface area contributed by atoms with E-state index >= 15 is 4.39 Å². The summed E-state index contributed by atoms with van der Waals surface area (Å²) in [6.45, 7) is 4.83. The van der Waals surface area contributed by atoms with Crippen molar-refractivity contribution in [3.63, 3.8) is 0 Å². The van der Waals surface area contributed by atoms with Crippen LogP contribution in [0.2, 0.25) is 10.0 Å². The van der Waals surface area contributed by atoms with Crippen molar-refractivity contribution in [2.75, 3.05) is 11.4 Å². The molecule has 0 saturated carbocycles. The zero-order chi connectivity index (χ0) is 24.1. The topological polar surface area (TPSA) is 54.2 Å². The van der Waals surface area contributed by atoms with E-state index in [2.05, 4.69) is 4.98 Å². The predicted molar refractivity (Wildman–Crippen MR) is 129 cm³/mol. The molecule has 0 radical (unpaired) electrons. The number of aromatic hydroxyl groups is 1. The normalized spacial score (nSPS) is 13.3. The minimum absolute atomic E-state index is 0.0173. The Morgan fingerprint density at radius 2 is 1.76 bits per heavy atom. The van der Waals surface area contributed by atoms with Gasteiger partial charge in [-0.2, -0.15) is 5.10 Å². The highest BCUT2D eigenvalue weighted by Crippen LogP contribution is 2.39. The van der Waals surface area contributed by atoms with Crippen LogP contribution in [-0.4, -0.2) is 26.4 Å². The van der Waals surface area contributed by atoms with Crippen LogP contribution in [0.25, 0.3) is 16.9 Å². The zero-order valence-electron chi connectivity index (χ0n) is 18.4. The molecule has 34 heavy (non-hydrogen) atoms. The van der Waals surface area contributed by atoms with Crippen molar-refractivity contribution in [1.82, 2.24) is 14.8 Å². The van der Waals surface area contributed by atoms with E-state index in [0.29, 0.717) is 41.1 Å². The number of para-hydroxylation sites is 1. The van der Waals surface area contributed by atoms with Crippen molar-refractivity contribution < 1.29 is 13.9 Å². The number of anilines is 1. The Labute approximate surface area is 205 Å². The predicted octanol–water partition coefficient (Wildman–Crippen LogP) is 6.40. The summed E-state index contributed by atoms with van der Waals surface area (Å²) in [5, 5.41) is 15.4. The molecule has 2 aromatic heterocycles. The Bertz CT molecular complexity index is 1420. The molecular formula is C25H20Cl2F2N4O. The first-order valence-electron chi connectivity index (χ1n) is 10.7. The number of pyridine rings is 1. The molecule has 0 aliphatic carbocycles. The van der Waals surface area contributed by atoms with E-state index in [1.54, 1.807) is 10.7 Å².